The summed E-state index contributed by atoms with van der Waals surface area (Å²) in [4.78, 5) is 55.2. The number of carbonyl (C=O) groups excluding carboxylic acids is 2. The SMILES string of the molecule is Cn1ncc(C(=O)N2CCCC2)c1C(=O)Nc1ccc2nc(N3CCCC3)nn2c1.Cn1ncc(C(=O)O)c1C(=O)O. The molecule has 0 saturated carbocycles. The van der Waals surface area contributed by atoms with Gasteiger partial charge in [0, 0.05) is 40.3 Å². The van der Waals surface area contributed by atoms with Gasteiger partial charge in [0.1, 0.15) is 11.3 Å². The van der Waals surface area contributed by atoms with Gasteiger partial charge < -0.3 is 25.3 Å². The Morgan fingerprint density at radius 2 is 1.43 bits per heavy atom. The summed E-state index contributed by atoms with van der Waals surface area (Å²) in [6.07, 6.45) is 8.50. The highest BCUT2D eigenvalue weighted by atomic mass is 16.4. The Balaban J connectivity index is 0.000000248. The zero-order valence-corrected chi connectivity index (χ0v) is 23.1. The first kappa shape index (κ1) is 28.3. The summed E-state index contributed by atoms with van der Waals surface area (Å²) >= 11 is 0. The van der Waals surface area contributed by atoms with Crippen molar-refractivity contribution in [2.24, 2.45) is 14.1 Å². The lowest BCUT2D eigenvalue weighted by molar-refractivity contribution is 0.0644. The van der Waals surface area contributed by atoms with Crippen molar-refractivity contribution in [2.45, 2.75) is 25.7 Å². The van der Waals surface area contributed by atoms with Crippen LogP contribution in [0.4, 0.5) is 11.6 Å². The van der Waals surface area contributed by atoms with Crippen molar-refractivity contribution in [3.8, 4) is 0 Å². The second-order valence-corrected chi connectivity index (χ2v) is 9.95. The van der Waals surface area contributed by atoms with E-state index in [2.05, 4.69) is 30.5 Å². The molecule has 16 heteroatoms. The molecule has 42 heavy (non-hydrogen) atoms. The number of nitrogens with one attached hydrogen (secondary N) is 1. The number of fused-ring (bicyclic) bond motifs is 1. The minimum Gasteiger partial charge on any atom is -0.478 e. The highest BCUT2D eigenvalue weighted by molar-refractivity contribution is 6.11. The van der Waals surface area contributed by atoms with E-state index in [-0.39, 0.29) is 28.8 Å². The molecule has 2 saturated heterocycles. The van der Waals surface area contributed by atoms with Gasteiger partial charge in [0.25, 0.3) is 11.8 Å². The standard InChI is InChI=1S/C20H24N8O2.C6H6N2O4/c1-25-17(15(12-21-25)19(30)26-8-2-3-9-26)18(29)22-14-6-7-16-23-20(24-28(16)13-14)27-10-4-5-11-27;1-8-4(6(11)12)3(2-7-8)5(9)10/h6-7,12-13H,2-5,8-11H2,1H3,(H,22,29);2H,1H3,(H,9,10)(H,11,12). The normalized spacial score (nSPS) is 14.6. The average molecular weight is 579 g/mol. The van der Waals surface area contributed by atoms with Crippen LogP contribution in [0.2, 0.25) is 0 Å². The molecular weight excluding hydrogens is 548 g/mol. The quantitative estimate of drug-likeness (QED) is 0.299. The maximum Gasteiger partial charge on any atom is 0.355 e. The predicted octanol–water partition coefficient (Wildman–Crippen LogP) is 1.37. The van der Waals surface area contributed by atoms with Gasteiger partial charge in [-0.25, -0.2) is 14.1 Å². The topological polar surface area (TPSA) is 193 Å². The molecule has 6 heterocycles. The van der Waals surface area contributed by atoms with Gasteiger partial charge in [0.15, 0.2) is 11.3 Å². The van der Waals surface area contributed by atoms with E-state index in [0.29, 0.717) is 17.2 Å². The smallest absolute Gasteiger partial charge is 0.355 e. The van der Waals surface area contributed by atoms with Crippen LogP contribution in [-0.4, -0.2) is 99.2 Å². The molecule has 0 unspecified atom stereocenters. The van der Waals surface area contributed by atoms with Crippen LogP contribution in [0.1, 0.15) is 67.4 Å². The molecule has 0 aromatic carbocycles. The molecule has 0 aliphatic carbocycles. The number of carbonyl (C=O) groups is 4. The number of carboxylic acid groups (broad SMARTS) is 2. The minimum absolute atomic E-state index is 0.146. The first-order valence-corrected chi connectivity index (χ1v) is 13.4. The van der Waals surface area contributed by atoms with Crippen LogP contribution in [0.25, 0.3) is 5.65 Å². The Hall–Kier alpha value is -5.28. The molecule has 0 radical (unpaired) electrons. The number of likely N-dealkylation sites (tertiary alicyclic amines) is 1. The molecule has 0 spiro atoms. The van der Waals surface area contributed by atoms with Gasteiger partial charge >= 0.3 is 11.9 Å². The van der Waals surface area contributed by atoms with E-state index in [1.54, 1.807) is 28.7 Å². The Morgan fingerprint density at radius 3 is 2.05 bits per heavy atom. The summed E-state index contributed by atoms with van der Waals surface area (Å²) < 4.78 is 4.12. The van der Waals surface area contributed by atoms with Crippen LogP contribution in [0.5, 0.6) is 0 Å². The molecule has 6 rings (SSSR count). The largest absolute Gasteiger partial charge is 0.478 e. The minimum atomic E-state index is -1.30. The van der Waals surface area contributed by atoms with E-state index < -0.39 is 11.9 Å². The molecular formula is C26H30N10O6. The lowest BCUT2D eigenvalue weighted by atomic mass is 10.2. The zero-order chi connectivity index (χ0) is 30.0. The van der Waals surface area contributed by atoms with Gasteiger partial charge in [-0.1, -0.05) is 0 Å². The van der Waals surface area contributed by atoms with E-state index >= 15 is 0 Å². The predicted molar refractivity (Wildman–Crippen MR) is 148 cm³/mol. The number of carboxylic acids is 2. The summed E-state index contributed by atoms with van der Waals surface area (Å²) in [6, 6.07) is 3.61. The van der Waals surface area contributed by atoms with Crippen molar-refractivity contribution in [2.75, 3.05) is 36.4 Å². The van der Waals surface area contributed by atoms with Crippen LogP contribution >= 0.6 is 0 Å². The first-order valence-electron chi connectivity index (χ1n) is 13.4. The monoisotopic (exact) mass is 578 g/mol. The molecule has 2 aliphatic heterocycles. The maximum atomic E-state index is 13.0. The molecule has 2 amide bonds. The van der Waals surface area contributed by atoms with Crippen molar-refractivity contribution in [3.63, 3.8) is 0 Å². The fraction of sp³-hybridized carbons (Fsp3) is 0.385. The molecule has 4 aromatic rings. The van der Waals surface area contributed by atoms with Crippen molar-refractivity contribution in [3.05, 3.63) is 53.2 Å². The summed E-state index contributed by atoms with van der Waals surface area (Å²) in [5.41, 5.74) is 1.26. The van der Waals surface area contributed by atoms with Gasteiger partial charge in [-0.05, 0) is 37.8 Å². The number of aromatic carboxylic acids is 2. The third kappa shape index (κ3) is 5.63. The second-order valence-electron chi connectivity index (χ2n) is 9.95. The fourth-order valence-electron chi connectivity index (χ4n) is 4.99. The van der Waals surface area contributed by atoms with Gasteiger partial charge in [-0.15, -0.1) is 5.10 Å². The molecule has 2 fully saturated rings. The molecule has 16 nitrogen and oxygen atoms in total. The molecule has 0 bridgehead atoms. The van der Waals surface area contributed by atoms with Crippen molar-refractivity contribution in [1.82, 2.24) is 39.1 Å². The van der Waals surface area contributed by atoms with Crippen molar-refractivity contribution < 1.29 is 29.4 Å². The highest BCUT2D eigenvalue weighted by Gasteiger charge is 2.28. The number of aromatic nitrogens is 7. The molecule has 3 N–H and O–H groups in total. The average Bonchev–Trinajstić information content (AvgIpc) is 3.77. The summed E-state index contributed by atoms with van der Waals surface area (Å²) in [6.45, 7) is 3.37. The lowest BCUT2D eigenvalue weighted by Gasteiger charge is -2.15. The van der Waals surface area contributed by atoms with E-state index in [1.807, 2.05) is 6.07 Å². The number of pyridine rings is 1. The van der Waals surface area contributed by atoms with Gasteiger partial charge in [-0.2, -0.15) is 15.2 Å². The van der Waals surface area contributed by atoms with E-state index in [4.69, 9.17) is 10.2 Å². The van der Waals surface area contributed by atoms with Gasteiger partial charge in [0.05, 0.1) is 29.8 Å². The molecule has 0 atom stereocenters. The van der Waals surface area contributed by atoms with Crippen molar-refractivity contribution in [1.29, 1.82) is 0 Å². The number of hydrogen-bond donors (Lipinski definition) is 3. The Morgan fingerprint density at radius 1 is 0.810 bits per heavy atom. The Kier molecular flexibility index (Phi) is 7.86. The van der Waals surface area contributed by atoms with Crippen LogP contribution in [0.15, 0.2) is 30.7 Å². The van der Waals surface area contributed by atoms with Crippen LogP contribution in [0.3, 0.4) is 0 Å². The van der Waals surface area contributed by atoms with Crippen molar-refractivity contribution >= 4 is 41.0 Å². The molecule has 220 valence electrons. The summed E-state index contributed by atoms with van der Waals surface area (Å²) in [7, 11) is 3.04. The van der Waals surface area contributed by atoms with E-state index in [0.717, 1.165) is 68.4 Å². The highest BCUT2D eigenvalue weighted by Crippen LogP contribution is 2.20. The number of amides is 2. The summed E-state index contributed by atoms with van der Waals surface area (Å²) in [5, 5.41) is 32.1. The lowest BCUT2D eigenvalue weighted by Crippen LogP contribution is -2.30. The van der Waals surface area contributed by atoms with E-state index in [9.17, 15) is 19.2 Å². The second kappa shape index (κ2) is 11.7. The number of rotatable bonds is 6. The Labute approximate surface area is 239 Å². The van der Waals surface area contributed by atoms with Gasteiger partial charge in [-0.3, -0.25) is 19.0 Å². The number of aryl methyl sites for hydroxylation is 2. The molecule has 4 aromatic heterocycles. The third-order valence-electron chi connectivity index (χ3n) is 7.12. The number of nitrogens with zero attached hydrogens (tertiary/aromatic N) is 9. The summed E-state index contributed by atoms with van der Waals surface area (Å²) in [5.74, 6) is -2.40. The third-order valence-corrected chi connectivity index (χ3v) is 7.12. The number of anilines is 2. The van der Waals surface area contributed by atoms with Crippen LogP contribution in [0, 0.1) is 0 Å². The first-order chi connectivity index (χ1) is 20.1. The van der Waals surface area contributed by atoms with Gasteiger partial charge in [0.2, 0.25) is 5.95 Å². The fourth-order valence-corrected chi connectivity index (χ4v) is 4.99. The Bertz CT molecular complexity index is 1660. The number of hydrogen-bond acceptors (Lipinski definition) is 9. The molecule has 2 aliphatic rings. The van der Waals surface area contributed by atoms with Crippen LogP contribution in [-0.2, 0) is 14.1 Å². The maximum absolute atomic E-state index is 13.0. The van der Waals surface area contributed by atoms with E-state index in [1.165, 1.54) is 17.9 Å². The van der Waals surface area contributed by atoms with Crippen LogP contribution < -0.4 is 10.2 Å². The zero-order valence-electron chi connectivity index (χ0n) is 23.1.